The van der Waals surface area contributed by atoms with Gasteiger partial charge in [0.15, 0.2) is 0 Å². The fourth-order valence-corrected chi connectivity index (χ4v) is 1.99. The van der Waals surface area contributed by atoms with Crippen LogP contribution in [0.5, 0.6) is 0 Å². The first kappa shape index (κ1) is 11.6. The number of hydrogen-bond acceptors (Lipinski definition) is 3. The van der Waals surface area contributed by atoms with Crippen molar-refractivity contribution in [2.45, 2.75) is 32.7 Å². The largest absolute Gasteiger partial charge is 0.396 e. The summed E-state index contributed by atoms with van der Waals surface area (Å²) in [5, 5.41) is 17.0. The first-order chi connectivity index (χ1) is 7.58. The van der Waals surface area contributed by atoms with Crippen LogP contribution in [0.3, 0.4) is 0 Å². The maximum Gasteiger partial charge on any atom is 0.0540 e. The van der Waals surface area contributed by atoms with E-state index in [2.05, 4.69) is 24.3 Å². The van der Waals surface area contributed by atoms with Crippen molar-refractivity contribution in [1.29, 1.82) is 0 Å². The van der Waals surface area contributed by atoms with E-state index >= 15 is 0 Å². The van der Waals surface area contributed by atoms with Gasteiger partial charge in [-0.15, -0.1) is 0 Å². The first-order valence-corrected chi connectivity index (χ1v) is 5.91. The molecule has 16 heavy (non-hydrogen) atoms. The summed E-state index contributed by atoms with van der Waals surface area (Å²) in [6, 6.07) is 0.303. The molecular weight excluding hydrogens is 202 g/mol. The van der Waals surface area contributed by atoms with Crippen LogP contribution in [0.1, 0.15) is 37.1 Å². The highest BCUT2D eigenvalue weighted by atomic mass is 16.3. The van der Waals surface area contributed by atoms with E-state index < -0.39 is 0 Å². The highest BCUT2D eigenvalue weighted by molar-refractivity contribution is 5.19. The van der Waals surface area contributed by atoms with E-state index in [4.69, 9.17) is 0 Å². The molecule has 0 aromatic carbocycles. The standard InChI is InChI=1S/C12H21N3O/c1-9(11-6-14-15(3)10(11)2)13-7-12(8-16)4-5-12/h6,9,13,16H,4-5,7-8H2,1-3H3. The Balaban J connectivity index is 1.93. The number of rotatable bonds is 5. The summed E-state index contributed by atoms with van der Waals surface area (Å²) >= 11 is 0. The van der Waals surface area contributed by atoms with Gasteiger partial charge in [-0.3, -0.25) is 4.68 Å². The van der Waals surface area contributed by atoms with Gasteiger partial charge in [0.1, 0.15) is 0 Å². The van der Waals surface area contributed by atoms with Crippen molar-refractivity contribution in [3.8, 4) is 0 Å². The maximum atomic E-state index is 9.24. The second-order valence-electron chi connectivity index (χ2n) is 5.07. The number of aliphatic hydroxyl groups excluding tert-OH is 1. The molecule has 0 aliphatic heterocycles. The SMILES string of the molecule is Cc1c(C(C)NCC2(CO)CC2)cnn1C. The zero-order valence-electron chi connectivity index (χ0n) is 10.3. The Bertz CT molecular complexity index is 368. The predicted octanol–water partition coefficient (Wildman–Crippen LogP) is 1.15. The molecular formula is C12H21N3O. The maximum absolute atomic E-state index is 9.24. The number of nitrogens with one attached hydrogen (secondary N) is 1. The Kier molecular flexibility index (Phi) is 3.04. The average molecular weight is 223 g/mol. The van der Waals surface area contributed by atoms with E-state index in [1.807, 2.05) is 17.9 Å². The van der Waals surface area contributed by atoms with Gasteiger partial charge in [-0.05, 0) is 26.7 Å². The normalized spacial score (nSPS) is 19.8. The third-order valence-electron chi connectivity index (χ3n) is 3.82. The lowest BCUT2D eigenvalue weighted by molar-refractivity contribution is 0.204. The molecule has 1 aromatic rings. The molecule has 2 rings (SSSR count). The molecule has 1 atom stereocenters. The minimum absolute atomic E-state index is 0.171. The highest BCUT2D eigenvalue weighted by Gasteiger charge is 2.41. The van der Waals surface area contributed by atoms with Crippen molar-refractivity contribution in [3.63, 3.8) is 0 Å². The van der Waals surface area contributed by atoms with E-state index in [0.717, 1.165) is 19.4 Å². The first-order valence-electron chi connectivity index (χ1n) is 5.91. The quantitative estimate of drug-likeness (QED) is 0.787. The molecule has 0 amide bonds. The minimum atomic E-state index is 0.171. The molecule has 1 aliphatic rings. The van der Waals surface area contributed by atoms with E-state index in [9.17, 15) is 5.11 Å². The van der Waals surface area contributed by atoms with Gasteiger partial charge in [0, 0.05) is 42.9 Å². The number of hydrogen-bond donors (Lipinski definition) is 2. The minimum Gasteiger partial charge on any atom is -0.396 e. The topological polar surface area (TPSA) is 50.1 Å². The molecule has 0 spiro atoms. The molecule has 2 N–H and O–H groups in total. The van der Waals surface area contributed by atoms with Gasteiger partial charge in [-0.1, -0.05) is 0 Å². The van der Waals surface area contributed by atoms with Crippen molar-refractivity contribution in [3.05, 3.63) is 17.5 Å². The van der Waals surface area contributed by atoms with Crippen LogP contribution in [-0.2, 0) is 7.05 Å². The van der Waals surface area contributed by atoms with Crippen LogP contribution in [0.15, 0.2) is 6.20 Å². The Morgan fingerprint density at radius 3 is 2.75 bits per heavy atom. The number of aliphatic hydroxyl groups is 1. The van der Waals surface area contributed by atoms with Crippen LogP contribution in [-0.4, -0.2) is 28.0 Å². The van der Waals surface area contributed by atoms with E-state index in [1.54, 1.807) is 0 Å². The summed E-state index contributed by atoms with van der Waals surface area (Å²) in [6.07, 6.45) is 4.22. The summed E-state index contributed by atoms with van der Waals surface area (Å²) in [5.74, 6) is 0. The molecule has 0 saturated heterocycles. The molecule has 4 heteroatoms. The summed E-state index contributed by atoms with van der Waals surface area (Å²) in [5.41, 5.74) is 2.62. The summed E-state index contributed by atoms with van der Waals surface area (Å²) in [7, 11) is 1.96. The second kappa shape index (κ2) is 4.18. The summed E-state index contributed by atoms with van der Waals surface area (Å²) in [4.78, 5) is 0. The van der Waals surface area contributed by atoms with Crippen molar-refractivity contribution in [1.82, 2.24) is 15.1 Å². The van der Waals surface area contributed by atoms with Crippen LogP contribution >= 0.6 is 0 Å². The fraction of sp³-hybridized carbons (Fsp3) is 0.750. The summed E-state index contributed by atoms with van der Waals surface area (Å²) < 4.78 is 1.90. The third kappa shape index (κ3) is 2.13. The second-order valence-corrected chi connectivity index (χ2v) is 5.07. The van der Waals surface area contributed by atoms with Crippen LogP contribution in [0.4, 0.5) is 0 Å². The van der Waals surface area contributed by atoms with Gasteiger partial charge in [-0.25, -0.2) is 0 Å². The van der Waals surface area contributed by atoms with Crippen molar-refractivity contribution in [2.75, 3.05) is 13.2 Å². The zero-order chi connectivity index (χ0) is 11.8. The lowest BCUT2D eigenvalue weighted by atomic mass is 10.1. The lowest BCUT2D eigenvalue weighted by Crippen LogP contribution is -2.29. The van der Waals surface area contributed by atoms with E-state index in [-0.39, 0.29) is 5.41 Å². The molecule has 4 nitrogen and oxygen atoms in total. The van der Waals surface area contributed by atoms with Gasteiger partial charge < -0.3 is 10.4 Å². The van der Waals surface area contributed by atoms with Gasteiger partial charge in [0.25, 0.3) is 0 Å². The lowest BCUT2D eigenvalue weighted by Gasteiger charge is -2.18. The molecule has 90 valence electrons. The zero-order valence-corrected chi connectivity index (χ0v) is 10.3. The van der Waals surface area contributed by atoms with Crippen LogP contribution < -0.4 is 5.32 Å². The monoisotopic (exact) mass is 223 g/mol. The van der Waals surface area contributed by atoms with Gasteiger partial charge in [0.05, 0.1) is 6.20 Å². The van der Waals surface area contributed by atoms with Crippen molar-refractivity contribution in [2.24, 2.45) is 12.5 Å². The molecule has 1 heterocycles. The fourth-order valence-electron chi connectivity index (χ4n) is 1.99. The van der Waals surface area contributed by atoms with Crippen LogP contribution in [0.2, 0.25) is 0 Å². The summed E-state index contributed by atoms with van der Waals surface area (Å²) in [6.45, 7) is 5.44. The van der Waals surface area contributed by atoms with Crippen LogP contribution in [0, 0.1) is 12.3 Å². The smallest absolute Gasteiger partial charge is 0.0540 e. The molecule has 1 aliphatic carbocycles. The molecule has 1 fully saturated rings. The predicted molar refractivity (Wildman–Crippen MR) is 63.1 cm³/mol. The average Bonchev–Trinajstić information content (AvgIpc) is 2.99. The number of nitrogens with zero attached hydrogens (tertiary/aromatic N) is 2. The Hall–Kier alpha value is -0.870. The molecule has 1 aromatic heterocycles. The Labute approximate surface area is 96.7 Å². The van der Waals surface area contributed by atoms with Crippen LogP contribution in [0.25, 0.3) is 0 Å². The van der Waals surface area contributed by atoms with E-state index in [0.29, 0.717) is 12.6 Å². The van der Waals surface area contributed by atoms with Gasteiger partial charge >= 0.3 is 0 Å². The number of aromatic nitrogens is 2. The van der Waals surface area contributed by atoms with E-state index in [1.165, 1.54) is 11.3 Å². The third-order valence-corrected chi connectivity index (χ3v) is 3.82. The Morgan fingerprint density at radius 2 is 2.31 bits per heavy atom. The highest BCUT2D eigenvalue weighted by Crippen LogP contribution is 2.44. The molecule has 1 saturated carbocycles. The molecule has 1 unspecified atom stereocenters. The van der Waals surface area contributed by atoms with Crippen molar-refractivity contribution >= 4 is 0 Å². The molecule has 0 bridgehead atoms. The van der Waals surface area contributed by atoms with Gasteiger partial charge in [0.2, 0.25) is 0 Å². The number of aryl methyl sites for hydroxylation is 1. The van der Waals surface area contributed by atoms with Gasteiger partial charge in [-0.2, -0.15) is 5.10 Å². The molecule has 0 radical (unpaired) electrons. The van der Waals surface area contributed by atoms with Crippen molar-refractivity contribution < 1.29 is 5.11 Å². The Morgan fingerprint density at radius 1 is 1.62 bits per heavy atom.